The Kier molecular flexibility index (Phi) is 3.76. The zero-order valence-electron chi connectivity index (χ0n) is 10.6. The quantitative estimate of drug-likeness (QED) is 0.605. The van der Waals surface area contributed by atoms with Gasteiger partial charge in [-0.1, -0.05) is 0 Å². The molecule has 0 spiro atoms. The van der Waals surface area contributed by atoms with Gasteiger partial charge in [-0.05, 0) is 36.7 Å². The average molecular weight is 251 g/mol. The van der Waals surface area contributed by atoms with Crippen molar-refractivity contribution in [2.75, 3.05) is 20.1 Å². The first-order valence-corrected chi connectivity index (χ1v) is 6.02. The van der Waals surface area contributed by atoms with Crippen molar-refractivity contribution in [3.05, 3.63) is 27.9 Å². The first-order chi connectivity index (χ1) is 8.56. The number of rotatable bonds is 3. The molecule has 1 aliphatic rings. The van der Waals surface area contributed by atoms with Crippen LogP contribution in [0.5, 0.6) is 5.75 Å². The summed E-state index contributed by atoms with van der Waals surface area (Å²) >= 11 is 0. The molecule has 0 radical (unpaired) electrons. The average Bonchev–Trinajstić information content (AvgIpc) is 2.34. The molecule has 18 heavy (non-hydrogen) atoms. The molecule has 0 amide bonds. The van der Waals surface area contributed by atoms with Crippen LogP contribution in [0.3, 0.4) is 0 Å². The van der Waals surface area contributed by atoms with Crippen molar-refractivity contribution in [3.63, 3.8) is 0 Å². The molecule has 2 rings (SSSR count). The van der Waals surface area contributed by atoms with E-state index in [4.69, 9.17) is 4.74 Å². The number of likely N-dealkylation sites (tertiary alicyclic amines) is 1. The van der Waals surface area contributed by atoms with Crippen molar-refractivity contribution in [2.24, 2.45) is 0 Å². The number of aryl methyl sites for hydroxylation is 1. The molecule has 0 aromatic carbocycles. The summed E-state index contributed by atoms with van der Waals surface area (Å²) in [6.07, 6.45) is 3.59. The van der Waals surface area contributed by atoms with Crippen molar-refractivity contribution < 1.29 is 9.66 Å². The second kappa shape index (κ2) is 5.30. The SMILES string of the molecule is Cc1cc([N+](=O)[O-])ncc1OC1CCN(C)CC1. The molecule has 0 atom stereocenters. The molecule has 2 heterocycles. The van der Waals surface area contributed by atoms with Gasteiger partial charge in [0.25, 0.3) is 0 Å². The van der Waals surface area contributed by atoms with Gasteiger partial charge in [0.1, 0.15) is 6.10 Å². The highest BCUT2D eigenvalue weighted by atomic mass is 16.6. The molecule has 98 valence electrons. The second-order valence-corrected chi connectivity index (χ2v) is 4.69. The predicted molar refractivity (Wildman–Crippen MR) is 66.8 cm³/mol. The van der Waals surface area contributed by atoms with E-state index >= 15 is 0 Å². The molecule has 1 saturated heterocycles. The Labute approximate surface area is 106 Å². The van der Waals surface area contributed by atoms with Crippen LogP contribution < -0.4 is 4.74 Å². The predicted octanol–water partition coefficient (Wildman–Crippen LogP) is 1.77. The zero-order chi connectivity index (χ0) is 13.1. The fraction of sp³-hybridized carbons (Fsp3) is 0.583. The number of aromatic nitrogens is 1. The normalized spacial score (nSPS) is 17.7. The highest BCUT2D eigenvalue weighted by Crippen LogP contribution is 2.24. The van der Waals surface area contributed by atoms with E-state index in [2.05, 4.69) is 16.9 Å². The summed E-state index contributed by atoms with van der Waals surface area (Å²) in [5.41, 5.74) is 0.760. The van der Waals surface area contributed by atoms with Crippen molar-refractivity contribution in [1.29, 1.82) is 0 Å². The number of nitrogens with zero attached hydrogens (tertiary/aromatic N) is 3. The van der Waals surface area contributed by atoms with E-state index in [0.29, 0.717) is 5.75 Å². The Morgan fingerprint density at radius 3 is 2.72 bits per heavy atom. The maximum Gasteiger partial charge on any atom is 0.363 e. The lowest BCUT2D eigenvalue weighted by atomic mass is 10.1. The Hall–Kier alpha value is -1.69. The highest BCUT2D eigenvalue weighted by molar-refractivity contribution is 5.36. The van der Waals surface area contributed by atoms with Gasteiger partial charge in [-0.15, -0.1) is 0 Å². The van der Waals surface area contributed by atoms with Crippen LogP contribution in [0.4, 0.5) is 5.82 Å². The first-order valence-electron chi connectivity index (χ1n) is 6.02. The van der Waals surface area contributed by atoms with Crippen LogP contribution in [0.15, 0.2) is 12.3 Å². The second-order valence-electron chi connectivity index (χ2n) is 4.69. The van der Waals surface area contributed by atoms with Gasteiger partial charge in [-0.25, -0.2) is 0 Å². The zero-order valence-corrected chi connectivity index (χ0v) is 10.6. The lowest BCUT2D eigenvalue weighted by molar-refractivity contribution is -0.389. The third kappa shape index (κ3) is 2.95. The number of pyridine rings is 1. The number of hydrogen-bond acceptors (Lipinski definition) is 5. The molecule has 6 nitrogen and oxygen atoms in total. The number of ether oxygens (including phenoxy) is 1. The van der Waals surface area contributed by atoms with Gasteiger partial charge in [0, 0.05) is 24.7 Å². The lowest BCUT2D eigenvalue weighted by Crippen LogP contribution is -2.35. The van der Waals surface area contributed by atoms with Crippen LogP contribution in [0, 0.1) is 17.0 Å². The third-order valence-corrected chi connectivity index (χ3v) is 3.19. The molecule has 1 fully saturated rings. The summed E-state index contributed by atoms with van der Waals surface area (Å²) in [7, 11) is 2.09. The Balaban J connectivity index is 2.03. The summed E-state index contributed by atoms with van der Waals surface area (Å²) in [4.78, 5) is 16.1. The lowest BCUT2D eigenvalue weighted by Gasteiger charge is -2.29. The molecule has 1 aromatic heterocycles. The van der Waals surface area contributed by atoms with E-state index in [1.807, 2.05) is 0 Å². The molecule has 1 aliphatic heterocycles. The van der Waals surface area contributed by atoms with Gasteiger partial charge in [-0.3, -0.25) is 0 Å². The molecular weight excluding hydrogens is 234 g/mol. The van der Waals surface area contributed by atoms with E-state index < -0.39 is 4.92 Å². The van der Waals surface area contributed by atoms with Gasteiger partial charge in [-0.2, -0.15) is 0 Å². The minimum atomic E-state index is -0.494. The van der Waals surface area contributed by atoms with Crippen LogP contribution in [0.1, 0.15) is 18.4 Å². The molecule has 0 N–H and O–H groups in total. The van der Waals surface area contributed by atoms with E-state index in [0.717, 1.165) is 31.5 Å². The fourth-order valence-corrected chi connectivity index (χ4v) is 2.03. The molecule has 0 bridgehead atoms. The van der Waals surface area contributed by atoms with Crippen molar-refractivity contribution in [3.8, 4) is 5.75 Å². The van der Waals surface area contributed by atoms with Gasteiger partial charge in [0.2, 0.25) is 0 Å². The van der Waals surface area contributed by atoms with Crippen LogP contribution in [0.2, 0.25) is 0 Å². The minimum absolute atomic E-state index is 0.136. The monoisotopic (exact) mass is 251 g/mol. The van der Waals surface area contributed by atoms with Crippen LogP contribution >= 0.6 is 0 Å². The smallest absolute Gasteiger partial charge is 0.363 e. The Morgan fingerprint density at radius 2 is 2.17 bits per heavy atom. The standard InChI is InChI=1S/C12H17N3O3/c1-9-7-12(15(16)17)13-8-11(9)18-10-3-5-14(2)6-4-10/h7-8,10H,3-6H2,1-2H3. The minimum Gasteiger partial charge on any atom is -0.486 e. The van der Waals surface area contributed by atoms with Crippen LogP contribution in [0.25, 0.3) is 0 Å². The summed E-state index contributed by atoms with van der Waals surface area (Å²) < 4.78 is 5.86. The maximum atomic E-state index is 10.6. The highest BCUT2D eigenvalue weighted by Gasteiger charge is 2.20. The fourth-order valence-electron chi connectivity index (χ4n) is 2.03. The Bertz CT molecular complexity index is 442. The number of nitro groups is 1. The van der Waals surface area contributed by atoms with E-state index in [1.165, 1.54) is 12.3 Å². The third-order valence-electron chi connectivity index (χ3n) is 3.19. The van der Waals surface area contributed by atoms with E-state index in [1.54, 1.807) is 6.92 Å². The molecule has 0 unspecified atom stereocenters. The Morgan fingerprint density at radius 1 is 1.50 bits per heavy atom. The summed E-state index contributed by atoms with van der Waals surface area (Å²) in [5, 5.41) is 10.6. The summed E-state index contributed by atoms with van der Waals surface area (Å²) in [6.45, 7) is 3.84. The molecule has 0 aliphatic carbocycles. The van der Waals surface area contributed by atoms with Crippen molar-refractivity contribution in [2.45, 2.75) is 25.9 Å². The molecular formula is C12H17N3O3. The van der Waals surface area contributed by atoms with Crippen molar-refractivity contribution >= 4 is 5.82 Å². The van der Waals surface area contributed by atoms with Gasteiger partial charge in [0.05, 0.1) is 0 Å². The van der Waals surface area contributed by atoms with Crippen molar-refractivity contribution in [1.82, 2.24) is 9.88 Å². The summed E-state index contributed by atoms with van der Waals surface area (Å²) in [5.74, 6) is 0.512. The van der Waals surface area contributed by atoms with Gasteiger partial charge in [0.15, 0.2) is 11.9 Å². The summed E-state index contributed by atoms with van der Waals surface area (Å²) in [6, 6.07) is 1.45. The largest absolute Gasteiger partial charge is 0.486 e. The van der Waals surface area contributed by atoms with Gasteiger partial charge >= 0.3 is 5.82 Å². The van der Waals surface area contributed by atoms with E-state index in [9.17, 15) is 10.1 Å². The van der Waals surface area contributed by atoms with Crippen LogP contribution in [-0.2, 0) is 0 Å². The number of hydrogen-bond donors (Lipinski definition) is 0. The van der Waals surface area contributed by atoms with Crippen LogP contribution in [-0.4, -0.2) is 41.0 Å². The molecule has 0 saturated carbocycles. The maximum absolute atomic E-state index is 10.6. The van der Waals surface area contributed by atoms with Gasteiger partial charge < -0.3 is 19.8 Å². The first kappa shape index (κ1) is 12.8. The molecule has 1 aromatic rings. The van der Waals surface area contributed by atoms with E-state index in [-0.39, 0.29) is 11.9 Å². The number of piperidine rings is 1. The molecule has 6 heteroatoms. The topological polar surface area (TPSA) is 68.5 Å².